The number of aromatic nitrogens is 1. The number of hydrogen-bond acceptors (Lipinski definition) is 7. The molecule has 0 saturated carbocycles. The van der Waals surface area contributed by atoms with Gasteiger partial charge in [0.1, 0.15) is 29.4 Å². The summed E-state index contributed by atoms with van der Waals surface area (Å²) in [6.07, 6.45) is 5.07. The predicted octanol–water partition coefficient (Wildman–Crippen LogP) is 4.57. The van der Waals surface area contributed by atoms with Crippen LogP contribution in [0.25, 0.3) is 5.57 Å². The van der Waals surface area contributed by atoms with Crippen molar-refractivity contribution in [2.24, 2.45) is 0 Å². The molecule has 194 valence electrons. The first-order chi connectivity index (χ1) is 17.1. The van der Waals surface area contributed by atoms with E-state index >= 15 is 0 Å². The molecule has 3 heterocycles. The number of amides is 1. The zero-order valence-electron chi connectivity index (χ0n) is 22.0. The number of oxazole rings is 1. The molecule has 1 aromatic heterocycles. The first-order valence-corrected chi connectivity index (χ1v) is 12.8. The summed E-state index contributed by atoms with van der Waals surface area (Å²) in [7, 11) is 0. The van der Waals surface area contributed by atoms with Gasteiger partial charge in [0.25, 0.3) is 5.91 Å². The molecular weight excluding hydrogens is 458 g/mol. The number of likely N-dealkylation sites (tertiary alicyclic amines) is 1. The number of ether oxygens (including phenoxy) is 2. The van der Waals surface area contributed by atoms with E-state index in [1.807, 2.05) is 26.0 Å². The van der Waals surface area contributed by atoms with E-state index < -0.39 is 11.4 Å². The Hall–Kier alpha value is -3.13. The first kappa shape index (κ1) is 25.9. The predicted molar refractivity (Wildman–Crippen MR) is 137 cm³/mol. The van der Waals surface area contributed by atoms with Crippen LogP contribution < -0.4 is 4.74 Å². The van der Waals surface area contributed by atoms with Crippen molar-refractivity contribution < 1.29 is 23.5 Å². The number of rotatable bonds is 7. The minimum atomic E-state index is -0.569. The Bertz CT molecular complexity index is 1110. The van der Waals surface area contributed by atoms with Crippen molar-refractivity contribution in [2.45, 2.75) is 65.4 Å². The second-order valence-electron chi connectivity index (χ2n) is 10.5. The molecule has 2 aromatic rings. The van der Waals surface area contributed by atoms with Crippen molar-refractivity contribution in [3.8, 4) is 5.75 Å². The molecule has 4 rings (SSSR count). The fourth-order valence-corrected chi connectivity index (χ4v) is 4.72. The van der Waals surface area contributed by atoms with E-state index in [1.54, 1.807) is 44.0 Å². The lowest BCUT2D eigenvalue weighted by molar-refractivity contribution is -0.140. The van der Waals surface area contributed by atoms with Gasteiger partial charge in [-0.15, -0.1) is 0 Å². The Morgan fingerprint density at radius 1 is 1.11 bits per heavy atom. The van der Waals surface area contributed by atoms with Crippen LogP contribution in [0.4, 0.5) is 0 Å². The van der Waals surface area contributed by atoms with E-state index in [-0.39, 0.29) is 17.6 Å². The normalized spacial score (nSPS) is 17.8. The summed E-state index contributed by atoms with van der Waals surface area (Å²) in [5, 5.41) is 0. The standard InChI is InChI=1S/C28H37N3O5/c1-19(2)35-27(33)23-17-31(18-28(4,5)25-24(23)29-20(3)36-25)26(32)21-9-11-22(12-10-21)34-16-15-30-13-7-6-8-14-30/h9-12,17,19H,6-8,13-16,18H2,1-5H3. The lowest BCUT2D eigenvalue weighted by atomic mass is 9.88. The maximum Gasteiger partial charge on any atom is 0.342 e. The summed E-state index contributed by atoms with van der Waals surface area (Å²) in [6.45, 7) is 13.4. The molecule has 1 amide bonds. The third-order valence-corrected chi connectivity index (χ3v) is 6.50. The highest BCUT2D eigenvalue weighted by Crippen LogP contribution is 2.36. The van der Waals surface area contributed by atoms with Crippen molar-refractivity contribution in [1.82, 2.24) is 14.8 Å². The van der Waals surface area contributed by atoms with Crippen LogP contribution in [-0.2, 0) is 14.9 Å². The number of fused-ring (bicyclic) bond motifs is 1. The first-order valence-electron chi connectivity index (χ1n) is 12.8. The fourth-order valence-electron chi connectivity index (χ4n) is 4.72. The SMILES string of the molecule is Cc1nc2c(o1)C(C)(C)CN(C(=O)c1ccc(OCCN3CCCCC3)cc1)C=C2C(=O)OC(C)C. The van der Waals surface area contributed by atoms with Crippen molar-refractivity contribution >= 4 is 17.4 Å². The van der Waals surface area contributed by atoms with Gasteiger partial charge in [0.2, 0.25) is 0 Å². The summed E-state index contributed by atoms with van der Waals surface area (Å²) < 4.78 is 17.3. The van der Waals surface area contributed by atoms with Crippen LogP contribution in [0.2, 0.25) is 0 Å². The van der Waals surface area contributed by atoms with E-state index in [0.29, 0.717) is 36.1 Å². The molecule has 0 unspecified atom stereocenters. The van der Waals surface area contributed by atoms with Gasteiger partial charge in [-0.1, -0.05) is 20.3 Å². The maximum absolute atomic E-state index is 13.5. The van der Waals surface area contributed by atoms with Gasteiger partial charge in [-0.25, -0.2) is 9.78 Å². The minimum Gasteiger partial charge on any atom is -0.492 e. The highest BCUT2D eigenvalue weighted by molar-refractivity contribution is 6.17. The Balaban J connectivity index is 1.51. The van der Waals surface area contributed by atoms with Crippen LogP contribution in [0.15, 0.2) is 34.9 Å². The largest absolute Gasteiger partial charge is 0.492 e. The van der Waals surface area contributed by atoms with Crippen LogP contribution in [0, 0.1) is 6.92 Å². The second-order valence-corrected chi connectivity index (χ2v) is 10.5. The highest BCUT2D eigenvalue weighted by Gasteiger charge is 2.39. The zero-order valence-corrected chi connectivity index (χ0v) is 22.0. The molecule has 0 bridgehead atoms. The number of hydrogen-bond donors (Lipinski definition) is 0. The van der Waals surface area contributed by atoms with Gasteiger partial charge in [-0.2, -0.15) is 0 Å². The summed E-state index contributed by atoms with van der Waals surface area (Å²) >= 11 is 0. The third-order valence-electron chi connectivity index (χ3n) is 6.50. The molecule has 0 aliphatic carbocycles. The molecular formula is C28H37N3O5. The van der Waals surface area contributed by atoms with E-state index in [0.717, 1.165) is 25.4 Å². The molecule has 0 radical (unpaired) electrons. The van der Waals surface area contributed by atoms with Crippen LogP contribution in [0.1, 0.15) is 74.7 Å². The van der Waals surface area contributed by atoms with E-state index in [1.165, 1.54) is 19.3 Å². The number of benzene rings is 1. The van der Waals surface area contributed by atoms with Crippen LogP contribution in [0.3, 0.4) is 0 Å². The summed E-state index contributed by atoms with van der Waals surface area (Å²) in [6, 6.07) is 7.16. The number of aryl methyl sites for hydroxylation is 1. The Kier molecular flexibility index (Phi) is 7.83. The number of esters is 1. The molecule has 36 heavy (non-hydrogen) atoms. The van der Waals surface area contributed by atoms with Gasteiger partial charge in [0.05, 0.1) is 6.10 Å². The van der Waals surface area contributed by atoms with E-state index in [9.17, 15) is 9.59 Å². The fraction of sp³-hybridized carbons (Fsp3) is 0.536. The van der Waals surface area contributed by atoms with Crippen LogP contribution >= 0.6 is 0 Å². The van der Waals surface area contributed by atoms with Gasteiger partial charge in [-0.3, -0.25) is 9.69 Å². The smallest absolute Gasteiger partial charge is 0.342 e. The zero-order chi connectivity index (χ0) is 25.9. The van der Waals surface area contributed by atoms with Gasteiger partial charge in [-0.05, 0) is 64.0 Å². The van der Waals surface area contributed by atoms with Crippen LogP contribution in [0.5, 0.6) is 5.75 Å². The summed E-state index contributed by atoms with van der Waals surface area (Å²) in [4.78, 5) is 35.0. The third kappa shape index (κ3) is 5.98. The maximum atomic E-state index is 13.5. The molecule has 8 nitrogen and oxygen atoms in total. The summed E-state index contributed by atoms with van der Waals surface area (Å²) in [5.41, 5.74) is 0.577. The average Bonchev–Trinajstić information content (AvgIpc) is 3.19. The molecule has 0 spiro atoms. The molecule has 0 atom stereocenters. The number of nitrogens with zero attached hydrogens (tertiary/aromatic N) is 3. The Labute approximate surface area is 213 Å². The molecule has 1 saturated heterocycles. The highest BCUT2D eigenvalue weighted by atomic mass is 16.5. The Morgan fingerprint density at radius 3 is 2.47 bits per heavy atom. The topological polar surface area (TPSA) is 85.1 Å². The minimum absolute atomic E-state index is 0.215. The summed E-state index contributed by atoms with van der Waals surface area (Å²) in [5.74, 6) is 1.01. The van der Waals surface area contributed by atoms with Gasteiger partial charge >= 0.3 is 5.97 Å². The number of carbonyl (C=O) groups excluding carboxylic acids is 2. The molecule has 2 aliphatic heterocycles. The molecule has 1 fully saturated rings. The van der Waals surface area contributed by atoms with E-state index in [4.69, 9.17) is 13.9 Å². The van der Waals surface area contributed by atoms with Crippen molar-refractivity contribution in [1.29, 1.82) is 0 Å². The van der Waals surface area contributed by atoms with Crippen LogP contribution in [-0.4, -0.2) is 65.6 Å². The monoisotopic (exact) mass is 495 g/mol. The molecule has 1 aromatic carbocycles. The Morgan fingerprint density at radius 2 is 1.81 bits per heavy atom. The number of piperidine rings is 1. The number of carbonyl (C=O) groups is 2. The lowest BCUT2D eigenvalue weighted by Crippen LogP contribution is -2.36. The van der Waals surface area contributed by atoms with Crippen molar-refractivity contribution in [3.63, 3.8) is 0 Å². The average molecular weight is 496 g/mol. The quantitative estimate of drug-likeness (QED) is 0.520. The van der Waals surface area contributed by atoms with Crippen molar-refractivity contribution in [2.75, 3.05) is 32.8 Å². The van der Waals surface area contributed by atoms with E-state index in [2.05, 4.69) is 9.88 Å². The second kappa shape index (κ2) is 10.9. The molecule has 8 heteroatoms. The molecule has 2 aliphatic rings. The van der Waals surface area contributed by atoms with Gasteiger partial charge in [0.15, 0.2) is 5.89 Å². The van der Waals surface area contributed by atoms with Crippen molar-refractivity contribution in [3.05, 3.63) is 53.4 Å². The van der Waals surface area contributed by atoms with Gasteiger partial charge < -0.3 is 18.8 Å². The molecule has 0 N–H and O–H groups in total. The van der Waals surface area contributed by atoms with Gasteiger partial charge in [0, 0.05) is 37.2 Å². The lowest BCUT2D eigenvalue weighted by Gasteiger charge is -2.27.